The van der Waals surface area contributed by atoms with Gasteiger partial charge in [-0.25, -0.2) is 9.37 Å². The second kappa shape index (κ2) is 3.57. The molecule has 0 spiro atoms. The van der Waals surface area contributed by atoms with E-state index >= 15 is 0 Å². The van der Waals surface area contributed by atoms with Gasteiger partial charge in [-0.3, -0.25) is 0 Å². The third kappa shape index (κ3) is 1.88. The van der Waals surface area contributed by atoms with Crippen LogP contribution < -0.4 is 11.5 Å². The monoisotopic (exact) mass is 203 g/mol. The Morgan fingerprint density at radius 2 is 1.73 bits per heavy atom. The van der Waals surface area contributed by atoms with Gasteiger partial charge in [-0.05, 0) is 29.8 Å². The highest BCUT2D eigenvalue weighted by molar-refractivity contribution is 5.67. The fourth-order valence-electron chi connectivity index (χ4n) is 1.30. The van der Waals surface area contributed by atoms with Crippen LogP contribution in [0.3, 0.4) is 0 Å². The number of nitrogen functional groups attached to an aromatic ring is 2. The molecule has 2 aromatic rings. The Labute approximate surface area is 86.6 Å². The Kier molecular flexibility index (Phi) is 2.25. The molecule has 0 radical (unpaired) electrons. The molecule has 1 aromatic carbocycles. The Morgan fingerprint density at radius 3 is 2.33 bits per heavy atom. The van der Waals surface area contributed by atoms with Gasteiger partial charge >= 0.3 is 0 Å². The number of hydrogen-bond acceptors (Lipinski definition) is 3. The van der Waals surface area contributed by atoms with Crippen LogP contribution in [0.1, 0.15) is 0 Å². The average Bonchev–Trinajstić information content (AvgIpc) is 2.23. The predicted molar refractivity (Wildman–Crippen MR) is 58.5 cm³/mol. The summed E-state index contributed by atoms with van der Waals surface area (Å²) in [7, 11) is 0. The largest absolute Gasteiger partial charge is 0.396 e. The third-order valence-electron chi connectivity index (χ3n) is 2.12. The summed E-state index contributed by atoms with van der Waals surface area (Å²) in [4.78, 5) is 3.95. The van der Waals surface area contributed by atoms with Crippen LogP contribution in [0.25, 0.3) is 11.1 Å². The molecule has 0 amide bonds. The second-order valence-corrected chi connectivity index (χ2v) is 3.21. The molecular formula is C11H10FN3. The van der Waals surface area contributed by atoms with Gasteiger partial charge in [0.2, 0.25) is 0 Å². The molecule has 0 aliphatic rings. The molecule has 4 N–H and O–H groups in total. The lowest BCUT2D eigenvalue weighted by Gasteiger charge is -2.03. The molecular weight excluding hydrogens is 193 g/mol. The van der Waals surface area contributed by atoms with Gasteiger partial charge in [0.15, 0.2) is 0 Å². The standard InChI is InChI=1S/C11H10FN3/c12-9-3-1-7(5-10(9)13)8-2-4-11(14)15-6-8/h1-6H,13H2,(H2,14,15). The van der Waals surface area contributed by atoms with Crippen LogP contribution in [0, 0.1) is 5.82 Å². The average molecular weight is 203 g/mol. The molecule has 0 saturated carbocycles. The number of nitrogens with two attached hydrogens (primary N) is 2. The van der Waals surface area contributed by atoms with Crippen molar-refractivity contribution < 1.29 is 4.39 Å². The maximum Gasteiger partial charge on any atom is 0.146 e. The lowest BCUT2D eigenvalue weighted by atomic mass is 10.1. The minimum absolute atomic E-state index is 0.129. The Hall–Kier alpha value is -2.10. The fourth-order valence-corrected chi connectivity index (χ4v) is 1.30. The van der Waals surface area contributed by atoms with Crippen LogP contribution in [-0.2, 0) is 0 Å². The molecule has 0 saturated heterocycles. The van der Waals surface area contributed by atoms with Gasteiger partial charge in [0, 0.05) is 11.8 Å². The normalized spacial score (nSPS) is 10.2. The number of nitrogens with zero attached hydrogens (tertiary/aromatic N) is 1. The van der Waals surface area contributed by atoms with Crippen molar-refractivity contribution in [1.82, 2.24) is 4.98 Å². The summed E-state index contributed by atoms with van der Waals surface area (Å²) < 4.78 is 12.9. The predicted octanol–water partition coefficient (Wildman–Crippen LogP) is 2.05. The first-order chi connectivity index (χ1) is 7.16. The fraction of sp³-hybridized carbons (Fsp3) is 0. The van der Waals surface area contributed by atoms with Crippen molar-refractivity contribution in [2.75, 3.05) is 11.5 Å². The number of pyridine rings is 1. The number of hydrogen-bond donors (Lipinski definition) is 2. The van der Waals surface area contributed by atoms with E-state index in [1.54, 1.807) is 24.4 Å². The van der Waals surface area contributed by atoms with Gasteiger partial charge in [0.1, 0.15) is 11.6 Å². The quantitative estimate of drug-likeness (QED) is 0.697. The van der Waals surface area contributed by atoms with E-state index in [9.17, 15) is 4.39 Å². The van der Waals surface area contributed by atoms with E-state index in [1.165, 1.54) is 6.07 Å². The molecule has 0 unspecified atom stereocenters. The maximum atomic E-state index is 12.9. The van der Waals surface area contributed by atoms with Crippen LogP contribution in [0.2, 0.25) is 0 Å². The number of halogens is 1. The number of anilines is 2. The van der Waals surface area contributed by atoms with Crippen LogP contribution >= 0.6 is 0 Å². The lowest BCUT2D eigenvalue weighted by Crippen LogP contribution is -1.92. The van der Waals surface area contributed by atoms with Crippen molar-refractivity contribution in [3.05, 3.63) is 42.3 Å². The lowest BCUT2D eigenvalue weighted by molar-refractivity contribution is 0.632. The second-order valence-electron chi connectivity index (χ2n) is 3.21. The first kappa shape index (κ1) is 9.45. The number of benzene rings is 1. The number of rotatable bonds is 1. The maximum absolute atomic E-state index is 12.9. The molecule has 0 fully saturated rings. The molecule has 1 aromatic heterocycles. The zero-order valence-electron chi connectivity index (χ0n) is 7.94. The van der Waals surface area contributed by atoms with Crippen LogP contribution in [0.15, 0.2) is 36.5 Å². The van der Waals surface area contributed by atoms with Gasteiger partial charge in [0.25, 0.3) is 0 Å². The van der Waals surface area contributed by atoms with Crippen LogP contribution in [0.4, 0.5) is 15.9 Å². The molecule has 76 valence electrons. The smallest absolute Gasteiger partial charge is 0.146 e. The van der Waals surface area contributed by atoms with E-state index < -0.39 is 5.82 Å². The summed E-state index contributed by atoms with van der Waals surface area (Å²) in [5.74, 6) is 0.0380. The van der Waals surface area contributed by atoms with E-state index in [1.807, 2.05) is 6.07 Å². The van der Waals surface area contributed by atoms with Crippen molar-refractivity contribution in [3.8, 4) is 11.1 Å². The van der Waals surface area contributed by atoms with E-state index in [0.29, 0.717) is 5.82 Å². The van der Waals surface area contributed by atoms with E-state index in [4.69, 9.17) is 11.5 Å². The Bertz CT molecular complexity index is 480. The van der Waals surface area contributed by atoms with Gasteiger partial charge < -0.3 is 11.5 Å². The molecule has 0 aliphatic carbocycles. The molecule has 0 atom stereocenters. The van der Waals surface area contributed by atoms with Crippen molar-refractivity contribution >= 4 is 11.5 Å². The van der Waals surface area contributed by atoms with Gasteiger partial charge in [-0.15, -0.1) is 0 Å². The van der Waals surface area contributed by atoms with Crippen LogP contribution in [-0.4, -0.2) is 4.98 Å². The summed E-state index contributed by atoms with van der Waals surface area (Å²) in [6, 6.07) is 8.06. The molecule has 0 bridgehead atoms. The molecule has 2 rings (SSSR count). The van der Waals surface area contributed by atoms with Gasteiger partial charge in [-0.2, -0.15) is 0 Å². The molecule has 0 aliphatic heterocycles. The van der Waals surface area contributed by atoms with Crippen molar-refractivity contribution in [2.45, 2.75) is 0 Å². The van der Waals surface area contributed by atoms with Gasteiger partial charge in [0.05, 0.1) is 5.69 Å². The summed E-state index contributed by atoms with van der Waals surface area (Å²) in [5, 5.41) is 0. The molecule has 3 nitrogen and oxygen atoms in total. The van der Waals surface area contributed by atoms with Crippen LogP contribution in [0.5, 0.6) is 0 Å². The van der Waals surface area contributed by atoms with Crippen molar-refractivity contribution in [1.29, 1.82) is 0 Å². The zero-order chi connectivity index (χ0) is 10.8. The van der Waals surface area contributed by atoms with E-state index in [2.05, 4.69) is 4.98 Å². The highest BCUT2D eigenvalue weighted by atomic mass is 19.1. The first-order valence-electron chi connectivity index (χ1n) is 4.44. The summed E-state index contributed by atoms with van der Waals surface area (Å²) in [5.41, 5.74) is 12.7. The first-order valence-corrected chi connectivity index (χ1v) is 4.44. The minimum atomic E-state index is -0.415. The number of aromatic nitrogens is 1. The molecule has 1 heterocycles. The van der Waals surface area contributed by atoms with E-state index in [-0.39, 0.29) is 5.69 Å². The highest BCUT2D eigenvalue weighted by Gasteiger charge is 2.02. The molecule has 4 heteroatoms. The Balaban J connectivity index is 2.45. The topological polar surface area (TPSA) is 64.9 Å². The van der Waals surface area contributed by atoms with Crippen molar-refractivity contribution in [2.24, 2.45) is 0 Å². The summed E-state index contributed by atoms with van der Waals surface area (Å²) >= 11 is 0. The Morgan fingerprint density at radius 1 is 1.00 bits per heavy atom. The van der Waals surface area contributed by atoms with E-state index in [0.717, 1.165) is 11.1 Å². The summed E-state index contributed by atoms with van der Waals surface area (Å²) in [6.45, 7) is 0. The summed E-state index contributed by atoms with van der Waals surface area (Å²) in [6.07, 6.45) is 1.63. The van der Waals surface area contributed by atoms with Crippen molar-refractivity contribution in [3.63, 3.8) is 0 Å². The minimum Gasteiger partial charge on any atom is -0.396 e. The SMILES string of the molecule is Nc1ccc(-c2ccc(F)c(N)c2)cn1. The third-order valence-corrected chi connectivity index (χ3v) is 2.12. The molecule has 15 heavy (non-hydrogen) atoms. The van der Waals surface area contributed by atoms with Gasteiger partial charge in [-0.1, -0.05) is 6.07 Å². The zero-order valence-corrected chi connectivity index (χ0v) is 7.94. The highest BCUT2D eigenvalue weighted by Crippen LogP contribution is 2.22.